The molecule has 0 radical (unpaired) electrons. The molecular weight excluding hydrogens is 184 g/mol. The predicted octanol–water partition coefficient (Wildman–Crippen LogP) is 0.281. The van der Waals surface area contributed by atoms with Gasteiger partial charge in [-0.05, 0) is 19.4 Å². The molecule has 1 aromatic rings. The minimum Gasteiger partial charge on any atom is -0.481 e. The molecule has 0 amide bonds. The quantitative estimate of drug-likeness (QED) is 0.726. The van der Waals surface area contributed by atoms with Crippen LogP contribution in [0.25, 0.3) is 0 Å². The lowest BCUT2D eigenvalue weighted by Crippen LogP contribution is -2.35. The van der Waals surface area contributed by atoms with Gasteiger partial charge in [0.2, 0.25) is 0 Å². The summed E-state index contributed by atoms with van der Waals surface area (Å²) in [5.41, 5.74) is 0.169. The fraction of sp³-hybridized carbons (Fsp3) is 0.556. The lowest BCUT2D eigenvalue weighted by molar-refractivity contribution is -0.147. The summed E-state index contributed by atoms with van der Waals surface area (Å²) in [5.74, 6) is -0.747. The number of carbonyl (C=O) groups is 1. The minimum atomic E-state index is -0.747. The van der Waals surface area contributed by atoms with Crippen LogP contribution >= 0.6 is 0 Å². The summed E-state index contributed by atoms with van der Waals surface area (Å²) >= 11 is 0. The molecular formula is C9H12N2O3. The van der Waals surface area contributed by atoms with Crippen LogP contribution in [0.3, 0.4) is 0 Å². The summed E-state index contributed by atoms with van der Waals surface area (Å²) in [7, 11) is 0. The van der Waals surface area contributed by atoms with E-state index in [2.05, 4.69) is 15.0 Å². The maximum absolute atomic E-state index is 11.2. The van der Waals surface area contributed by atoms with Crippen molar-refractivity contribution in [2.75, 3.05) is 13.1 Å². The number of aliphatic carboxylic acids is 1. The molecule has 0 saturated carbocycles. The summed E-state index contributed by atoms with van der Waals surface area (Å²) in [5, 5.41) is 15.8. The van der Waals surface area contributed by atoms with E-state index >= 15 is 0 Å². The van der Waals surface area contributed by atoms with Crippen molar-refractivity contribution in [2.24, 2.45) is 5.41 Å². The molecule has 2 N–H and O–H groups in total. The van der Waals surface area contributed by atoms with E-state index in [1.807, 2.05) is 0 Å². The first kappa shape index (κ1) is 9.21. The molecule has 1 aliphatic rings. The second-order valence-electron chi connectivity index (χ2n) is 3.72. The Morgan fingerprint density at radius 3 is 3.14 bits per heavy atom. The van der Waals surface area contributed by atoms with Crippen molar-refractivity contribution in [3.05, 3.63) is 18.0 Å². The molecule has 5 nitrogen and oxygen atoms in total. The van der Waals surface area contributed by atoms with Crippen molar-refractivity contribution in [1.29, 1.82) is 0 Å². The predicted molar refractivity (Wildman–Crippen MR) is 47.8 cm³/mol. The molecule has 2 heterocycles. The average molecular weight is 196 g/mol. The largest absolute Gasteiger partial charge is 0.481 e. The van der Waals surface area contributed by atoms with Crippen molar-refractivity contribution >= 4 is 5.97 Å². The zero-order valence-electron chi connectivity index (χ0n) is 7.69. The van der Waals surface area contributed by atoms with Crippen LogP contribution in [0, 0.1) is 5.41 Å². The van der Waals surface area contributed by atoms with Gasteiger partial charge in [-0.3, -0.25) is 4.79 Å². The Hall–Kier alpha value is -1.36. The highest BCUT2D eigenvalue weighted by Crippen LogP contribution is 2.30. The van der Waals surface area contributed by atoms with Gasteiger partial charge >= 0.3 is 5.97 Å². The van der Waals surface area contributed by atoms with E-state index in [-0.39, 0.29) is 0 Å². The van der Waals surface area contributed by atoms with Crippen LogP contribution in [0.2, 0.25) is 0 Å². The van der Waals surface area contributed by atoms with Crippen LogP contribution in [-0.2, 0) is 11.2 Å². The molecule has 0 bridgehead atoms. The van der Waals surface area contributed by atoms with Gasteiger partial charge in [0.25, 0.3) is 0 Å². The van der Waals surface area contributed by atoms with Crippen LogP contribution in [0.4, 0.5) is 0 Å². The number of rotatable bonds is 3. The van der Waals surface area contributed by atoms with Crippen molar-refractivity contribution in [3.63, 3.8) is 0 Å². The maximum Gasteiger partial charge on any atom is 0.311 e. The Labute approximate surface area is 81.1 Å². The maximum atomic E-state index is 11.2. The number of nitrogens with zero attached hydrogens (tertiary/aromatic N) is 1. The summed E-state index contributed by atoms with van der Waals surface area (Å²) < 4.78 is 4.69. The van der Waals surface area contributed by atoms with E-state index in [0.29, 0.717) is 19.4 Å². The Morgan fingerprint density at radius 1 is 1.79 bits per heavy atom. The normalized spacial score (nSPS) is 26.6. The molecule has 5 heteroatoms. The number of hydrogen-bond acceptors (Lipinski definition) is 4. The van der Waals surface area contributed by atoms with Gasteiger partial charge in [0.05, 0.1) is 11.6 Å². The molecule has 1 fully saturated rings. The summed E-state index contributed by atoms with van der Waals surface area (Å²) in [6, 6.07) is 0. The second-order valence-corrected chi connectivity index (χ2v) is 3.72. The molecule has 0 spiro atoms. The monoisotopic (exact) mass is 196 g/mol. The van der Waals surface area contributed by atoms with Gasteiger partial charge in [-0.25, -0.2) is 0 Å². The second kappa shape index (κ2) is 3.42. The topological polar surface area (TPSA) is 75.4 Å². The molecule has 2 rings (SSSR count). The van der Waals surface area contributed by atoms with E-state index in [1.165, 1.54) is 6.26 Å². The lowest BCUT2D eigenvalue weighted by atomic mass is 9.82. The Morgan fingerprint density at radius 2 is 2.64 bits per heavy atom. The van der Waals surface area contributed by atoms with Gasteiger partial charge in [0, 0.05) is 12.1 Å². The summed E-state index contributed by atoms with van der Waals surface area (Å²) in [6.07, 6.45) is 4.22. The minimum absolute atomic E-state index is 0.485. The molecule has 0 aliphatic carbocycles. The Balaban J connectivity index is 2.16. The van der Waals surface area contributed by atoms with E-state index in [0.717, 1.165) is 12.1 Å². The number of carboxylic acids is 1. The Bertz CT molecular complexity index is 315. The fourth-order valence-electron chi connectivity index (χ4n) is 1.86. The third-order valence-electron chi connectivity index (χ3n) is 2.72. The zero-order valence-corrected chi connectivity index (χ0v) is 7.69. The van der Waals surface area contributed by atoms with E-state index in [4.69, 9.17) is 0 Å². The number of carboxylic acid groups (broad SMARTS) is 1. The highest BCUT2D eigenvalue weighted by atomic mass is 16.5. The highest BCUT2D eigenvalue weighted by molar-refractivity contribution is 5.75. The van der Waals surface area contributed by atoms with Gasteiger partial charge < -0.3 is 14.9 Å². The molecule has 1 atom stereocenters. The number of hydrogen-bond donors (Lipinski definition) is 2. The smallest absolute Gasteiger partial charge is 0.311 e. The summed E-state index contributed by atoms with van der Waals surface area (Å²) in [6.45, 7) is 1.28. The molecule has 1 aromatic heterocycles. The molecule has 1 unspecified atom stereocenters. The highest BCUT2D eigenvalue weighted by Gasteiger charge is 2.41. The first-order valence-electron chi connectivity index (χ1n) is 4.55. The molecule has 0 aromatic carbocycles. The van der Waals surface area contributed by atoms with Crippen LogP contribution in [-0.4, -0.2) is 29.3 Å². The first-order valence-corrected chi connectivity index (χ1v) is 4.55. The SMILES string of the molecule is O=C(O)C1(Cc2cnoc2)CCNC1. The van der Waals surface area contributed by atoms with Crippen LogP contribution < -0.4 is 5.32 Å². The lowest BCUT2D eigenvalue weighted by Gasteiger charge is -2.21. The standard InChI is InChI=1S/C9H12N2O3/c12-8(13)9(1-2-10-6-9)3-7-4-11-14-5-7/h4-5,10H,1-3,6H2,(H,12,13). The van der Waals surface area contributed by atoms with E-state index in [9.17, 15) is 9.90 Å². The molecule has 14 heavy (non-hydrogen) atoms. The van der Waals surface area contributed by atoms with Crippen molar-refractivity contribution in [1.82, 2.24) is 10.5 Å². The average Bonchev–Trinajstić information content (AvgIpc) is 2.76. The van der Waals surface area contributed by atoms with Gasteiger partial charge in [-0.2, -0.15) is 0 Å². The molecule has 1 aliphatic heterocycles. The van der Waals surface area contributed by atoms with Crippen LogP contribution in [0.15, 0.2) is 17.0 Å². The third kappa shape index (κ3) is 1.50. The first-order chi connectivity index (χ1) is 6.73. The summed E-state index contributed by atoms with van der Waals surface area (Å²) in [4.78, 5) is 11.2. The number of nitrogens with one attached hydrogen (secondary N) is 1. The molecule has 76 valence electrons. The van der Waals surface area contributed by atoms with Gasteiger partial charge in [-0.1, -0.05) is 5.16 Å². The van der Waals surface area contributed by atoms with Gasteiger partial charge in [0.1, 0.15) is 6.26 Å². The van der Waals surface area contributed by atoms with Crippen LogP contribution in [0.1, 0.15) is 12.0 Å². The van der Waals surface area contributed by atoms with E-state index < -0.39 is 11.4 Å². The van der Waals surface area contributed by atoms with Crippen molar-refractivity contribution in [2.45, 2.75) is 12.8 Å². The van der Waals surface area contributed by atoms with Gasteiger partial charge in [0.15, 0.2) is 0 Å². The van der Waals surface area contributed by atoms with Crippen molar-refractivity contribution < 1.29 is 14.4 Å². The van der Waals surface area contributed by atoms with Gasteiger partial charge in [-0.15, -0.1) is 0 Å². The van der Waals surface area contributed by atoms with E-state index in [1.54, 1.807) is 6.20 Å². The van der Waals surface area contributed by atoms with Crippen LogP contribution in [0.5, 0.6) is 0 Å². The third-order valence-corrected chi connectivity index (χ3v) is 2.72. The Kier molecular flexibility index (Phi) is 2.25. The molecule has 1 saturated heterocycles. The number of aromatic nitrogens is 1. The fourth-order valence-corrected chi connectivity index (χ4v) is 1.86. The van der Waals surface area contributed by atoms with Crippen molar-refractivity contribution in [3.8, 4) is 0 Å². The zero-order chi connectivity index (χ0) is 10.0.